The number of nitrogens with zero attached hydrogens (tertiary/aromatic N) is 2. The number of rotatable bonds is 6. The number of hydrogen-bond acceptors (Lipinski definition) is 7. The fraction of sp³-hybridized carbons (Fsp3) is 0.444. The van der Waals surface area contributed by atoms with Crippen LogP contribution in [0.15, 0.2) is 17.0 Å². The van der Waals surface area contributed by atoms with Crippen LogP contribution >= 0.6 is 24.0 Å². The summed E-state index contributed by atoms with van der Waals surface area (Å²) in [5, 5.41) is 23.0. The van der Waals surface area contributed by atoms with Crippen molar-refractivity contribution >= 4 is 46.0 Å². The molecule has 144 valence electrons. The molecule has 1 aliphatic carbocycles. The number of carbonyl (C=O) groups is 1. The van der Waals surface area contributed by atoms with Gasteiger partial charge in [-0.1, -0.05) is 49.7 Å². The number of nitro groups is 1. The van der Waals surface area contributed by atoms with E-state index in [4.69, 9.17) is 17.0 Å². The molecule has 1 heterocycles. The standard InChI is InChI=1S/C18H20N2O5S2/c1-25-14-9-12(8-13(16(14)21)20(23)24)10-15-17(22)19(18(26)27-15)7-6-11-4-2-3-5-11/h8-11,21H,2-7H2,1H3/p-1/b15-10+. The topological polar surface area (TPSA) is 95.7 Å². The second-order valence-electron chi connectivity index (χ2n) is 6.60. The van der Waals surface area contributed by atoms with E-state index in [0.717, 1.165) is 12.5 Å². The van der Waals surface area contributed by atoms with E-state index in [1.165, 1.54) is 56.7 Å². The summed E-state index contributed by atoms with van der Waals surface area (Å²) < 4.78 is 5.42. The van der Waals surface area contributed by atoms with Gasteiger partial charge in [0.2, 0.25) is 0 Å². The molecular weight excluding hydrogens is 388 g/mol. The lowest BCUT2D eigenvalue weighted by atomic mass is 10.0. The molecular formula is C18H19N2O5S2-. The van der Waals surface area contributed by atoms with E-state index in [-0.39, 0.29) is 11.7 Å². The van der Waals surface area contributed by atoms with Gasteiger partial charge in [-0.15, -0.1) is 0 Å². The minimum absolute atomic E-state index is 0.132. The van der Waals surface area contributed by atoms with Gasteiger partial charge in [-0.3, -0.25) is 19.8 Å². The first-order valence-electron chi connectivity index (χ1n) is 8.69. The average Bonchev–Trinajstić information content (AvgIpc) is 3.23. The van der Waals surface area contributed by atoms with E-state index in [1.807, 2.05) is 0 Å². The predicted molar refractivity (Wildman–Crippen MR) is 106 cm³/mol. The normalized spacial score (nSPS) is 19.3. The van der Waals surface area contributed by atoms with Gasteiger partial charge in [0.25, 0.3) is 11.6 Å². The van der Waals surface area contributed by atoms with E-state index in [2.05, 4.69) is 0 Å². The Balaban J connectivity index is 1.80. The number of thiocarbonyl (C=S) groups is 1. The van der Waals surface area contributed by atoms with Crippen molar-refractivity contribution < 1.29 is 19.6 Å². The molecule has 9 heteroatoms. The molecule has 0 bridgehead atoms. The second kappa shape index (κ2) is 8.26. The fourth-order valence-corrected chi connectivity index (χ4v) is 4.74. The molecule has 27 heavy (non-hydrogen) atoms. The van der Waals surface area contributed by atoms with E-state index < -0.39 is 16.4 Å². The molecule has 0 spiro atoms. The van der Waals surface area contributed by atoms with Gasteiger partial charge in [0, 0.05) is 18.4 Å². The summed E-state index contributed by atoms with van der Waals surface area (Å²) in [7, 11) is 1.27. The lowest BCUT2D eigenvalue weighted by Crippen LogP contribution is -2.30. The quantitative estimate of drug-likeness (QED) is 0.308. The molecule has 0 atom stereocenters. The molecule has 1 amide bonds. The number of benzene rings is 1. The number of thioether (sulfide) groups is 1. The third-order valence-electron chi connectivity index (χ3n) is 4.88. The Morgan fingerprint density at radius 2 is 2.11 bits per heavy atom. The number of amides is 1. The molecule has 1 saturated heterocycles. The van der Waals surface area contributed by atoms with Crippen LogP contribution in [0, 0.1) is 16.0 Å². The minimum Gasteiger partial charge on any atom is -0.865 e. The van der Waals surface area contributed by atoms with E-state index in [9.17, 15) is 20.0 Å². The van der Waals surface area contributed by atoms with Crippen LogP contribution in [0.4, 0.5) is 5.69 Å². The van der Waals surface area contributed by atoms with Gasteiger partial charge < -0.3 is 9.84 Å². The van der Waals surface area contributed by atoms with Crippen molar-refractivity contribution in [1.82, 2.24) is 4.90 Å². The second-order valence-corrected chi connectivity index (χ2v) is 8.28. The highest BCUT2D eigenvalue weighted by Crippen LogP contribution is 2.38. The zero-order chi connectivity index (χ0) is 19.6. The minimum atomic E-state index is -0.788. The van der Waals surface area contributed by atoms with Crippen LogP contribution in [0.1, 0.15) is 37.7 Å². The largest absolute Gasteiger partial charge is 0.865 e. The van der Waals surface area contributed by atoms with Crippen molar-refractivity contribution in [2.24, 2.45) is 5.92 Å². The van der Waals surface area contributed by atoms with E-state index >= 15 is 0 Å². The lowest BCUT2D eigenvalue weighted by molar-refractivity contribution is -0.398. The van der Waals surface area contributed by atoms with Crippen LogP contribution < -0.4 is 9.84 Å². The molecule has 0 N–H and O–H groups in total. The van der Waals surface area contributed by atoms with Gasteiger partial charge >= 0.3 is 0 Å². The van der Waals surface area contributed by atoms with Crippen LogP contribution in [0.25, 0.3) is 6.08 Å². The molecule has 7 nitrogen and oxygen atoms in total. The average molecular weight is 407 g/mol. The van der Waals surface area contributed by atoms with Crippen molar-refractivity contribution in [2.45, 2.75) is 32.1 Å². The maximum atomic E-state index is 12.7. The summed E-state index contributed by atoms with van der Waals surface area (Å²) in [5.41, 5.74) is -0.230. The van der Waals surface area contributed by atoms with Crippen LogP contribution in [-0.2, 0) is 4.79 Å². The Labute approximate surface area is 166 Å². The summed E-state index contributed by atoms with van der Waals surface area (Å²) in [6, 6.07) is 2.54. The highest BCUT2D eigenvalue weighted by molar-refractivity contribution is 8.26. The van der Waals surface area contributed by atoms with E-state index in [0.29, 0.717) is 27.3 Å². The number of ether oxygens (including phenoxy) is 1. The first-order chi connectivity index (χ1) is 12.9. The molecule has 1 aromatic carbocycles. The van der Waals surface area contributed by atoms with Crippen molar-refractivity contribution in [3.8, 4) is 11.5 Å². The van der Waals surface area contributed by atoms with Crippen LogP contribution in [-0.4, -0.2) is 33.7 Å². The van der Waals surface area contributed by atoms with Gasteiger partial charge in [0.15, 0.2) is 0 Å². The SMILES string of the molecule is COc1cc(/C=C2/SC(=S)N(CCC3CCCC3)C2=O)cc([N+](=O)[O-])c1[O-]. The number of carbonyl (C=O) groups excluding carboxylic acids is 1. The Morgan fingerprint density at radius 3 is 2.74 bits per heavy atom. The zero-order valence-corrected chi connectivity index (χ0v) is 16.4. The first-order valence-corrected chi connectivity index (χ1v) is 9.92. The third-order valence-corrected chi connectivity index (χ3v) is 6.26. The molecule has 1 saturated carbocycles. The molecule has 0 radical (unpaired) electrons. The van der Waals surface area contributed by atoms with Crippen LogP contribution in [0.3, 0.4) is 0 Å². The first kappa shape index (κ1) is 19.6. The number of methoxy groups -OCH3 is 1. The summed E-state index contributed by atoms with van der Waals surface area (Å²) in [6.07, 6.45) is 7.36. The molecule has 2 aliphatic rings. The summed E-state index contributed by atoms with van der Waals surface area (Å²) in [6.45, 7) is 0.593. The number of hydrogen-bond donors (Lipinski definition) is 0. The molecule has 2 fully saturated rings. The molecule has 3 rings (SSSR count). The molecule has 1 aromatic rings. The van der Waals surface area contributed by atoms with Crippen LogP contribution in [0.2, 0.25) is 0 Å². The van der Waals surface area contributed by atoms with Gasteiger partial charge in [0.05, 0.1) is 16.9 Å². The fourth-order valence-electron chi connectivity index (χ4n) is 3.43. The van der Waals surface area contributed by atoms with Crippen molar-refractivity contribution in [2.75, 3.05) is 13.7 Å². The lowest BCUT2D eigenvalue weighted by Gasteiger charge is -2.17. The van der Waals surface area contributed by atoms with Crippen molar-refractivity contribution in [3.63, 3.8) is 0 Å². The summed E-state index contributed by atoms with van der Waals surface area (Å²) >= 11 is 6.50. The van der Waals surface area contributed by atoms with Gasteiger partial charge in [0.1, 0.15) is 10.1 Å². The molecule has 0 aromatic heterocycles. The predicted octanol–water partition coefficient (Wildman–Crippen LogP) is 3.46. The van der Waals surface area contributed by atoms with Crippen LogP contribution in [0.5, 0.6) is 11.5 Å². The maximum Gasteiger partial charge on any atom is 0.266 e. The van der Waals surface area contributed by atoms with Crippen molar-refractivity contribution in [3.05, 3.63) is 32.7 Å². The van der Waals surface area contributed by atoms with Crippen molar-refractivity contribution in [1.29, 1.82) is 0 Å². The van der Waals surface area contributed by atoms with E-state index in [1.54, 1.807) is 4.90 Å². The molecule has 1 aliphatic heterocycles. The highest BCUT2D eigenvalue weighted by Gasteiger charge is 2.32. The molecule has 0 unspecified atom stereocenters. The Hall–Kier alpha value is -2.13. The highest BCUT2D eigenvalue weighted by atomic mass is 32.2. The third kappa shape index (κ3) is 4.24. The maximum absolute atomic E-state index is 12.7. The number of nitro benzene ring substituents is 1. The monoisotopic (exact) mass is 407 g/mol. The smallest absolute Gasteiger partial charge is 0.266 e. The summed E-state index contributed by atoms with van der Waals surface area (Å²) in [4.78, 5) is 25.0. The van der Waals surface area contributed by atoms with Gasteiger partial charge in [-0.25, -0.2) is 0 Å². The Morgan fingerprint density at radius 1 is 1.41 bits per heavy atom. The zero-order valence-electron chi connectivity index (χ0n) is 14.8. The summed E-state index contributed by atoms with van der Waals surface area (Å²) in [5.74, 6) is -0.470. The van der Waals surface area contributed by atoms with Gasteiger partial charge in [-0.2, -0.15) is 0 Å². The Bertz CT molecular complexity index is 818. The van der Waals surface area contributed by atoms with Gasteiger partial charge in [-0.05, 0) is 30.0 Å². The Kier molecular flexibility index (Phi) is 6.01.